The van der Waals surface area contributed by atoms with Gasteiger partial charge in [-0.2, -0.15) is 0 Å². The fourth-order valence-corrected chi connectivity index (χ4v) is 3.14. The highest BCUT2D eigenvalue weighted by Crippen LogP contribution is 2.37. The van der Waals surface area contributed by atoms with Gasteiger partial charge in [0.25, 0.3) is 0 Å². The summed E-state index contributed by atoms with van der Waals surface area (Å²) in [6.07, 6.45) is 0.750. The first-order chi connectivity index (χ1) is 9.85. The molecule has 0 spiro atoms. The van der Waals surface area contributed by atoms with Crippen molar-refractivity contribution >= 4 is 10.0 Å². The molecule has 0 aliphatic rings. The van der Waals surface area contributed by atoms with E-state index in [9.17, 15) is 8.42 Å². The average molecular weight is 317 g/mol. The van der Waals surface area contributed by atoms with Crippen LogP contribution in [0.1, 0.15) is 20.3 Å². The molecule has 0 saturated heterocycles. The van der Waals surface area contributed by atoms with Crippen LogP contribution < -0.4 is 18.9 Å². The molecule has 21 heavy (non-hydrogen) atoms. The van der Waals surface area contributed by atoms with Gasteiger partial charge in [0.15, 0.2) is 4.90 Å². The Kier molecular flexibility index (Phi) is 6.29. The fourth-order valence-electron chi connectivity index (χ4n) is 1.79. The van der Waals surface area contributed by atoms with Gasteiger partial charge in [-0.25, -0.2) is 13.1 Å². The summed E-state index contributed by atoms with van der Waals surface area (Å²) in [6.45, 7) is 4.42. The second-order valence-corrected chi connectivity index (χ2v) is 6.65. The Labute approximate surface area is 126 Å². The molecule has 0 atom stereocenters. The van der Waals surface area contributed by atoms with E-state index in [-0.39, 0.29) is 16.4 Å². The largest absolute Gasteiger partial charge is 0.496 e. The van der Waals surface area contributed by atoms with Crippen LogP contribution in [-0.2, 0) is 10.0 Å². The van der Waals surface area contributed by atoms with Crippen LogP contribution in [0.3, 0.4) is 0 Å². The second kappa shape index (κ2) is 7.51. The Morgan fingerprint density at radius 1 is 1.05 bits per heavy atom. The number of benzene rings is 1. The highest BCUT2D eigenvalue weighted by Gasteiger charge is 2.25. The van der Waals surface area contributed by atoms with Crippen LogP contribution in [0, 0.1) is 5.92 Å². The predicted octanol–water partition coefficient (Wildman–Crippen LogP) is 2.04. The summed E-state index contributed by atoms with van der Waals surface area (Å²) < 4.78 is 42.9. The molecular formula is C14H23NO5S. The minimum atomic E-state index is -3.72. The lowest BCUT2D eigenvalue weighted by atomic mass is 10.1. The van der Waals surface area contributed by atoms with Crippen molar-refractivity contribution in [2.75, 3.05) is 27.9 Å². The lowest BCUT2D eigenvalue weighted by Crippen LogP contribution is -2.26. The minimum Gasteiger partial charge on any atom is -0.496 e. The summed E-state index contributed by atoms with van der Waals surface area (Å²) in [5.74, 6) is 1.24. The van der Waals surface area contributed by atoms with Crippen molar-refractivity contribution in [2.24, 2.45) is 5.92 Å². The predicted molar refractivity (Wildman–Crippen MR) is 80.7 cm³/mol. The summed E-state index contributed by atoms with van der Waals surface area (Å²) >= 11 is 0. The first kappa shape index (κ1) is 17.6. The first-order valence-electron chi connectivity index (χ1n) is 6.65. The van der Waals surface area contributed by atoms with Crippen LogP contribution >= 0.6 is 0 Å². The number of rotatable bonds is 8. The van der Waals surface area contributed by atoms with E-state index in [0.29, 0.717) is 18.2 Å². The van der Waals surface area contributed by atoms with Crippen molar-refractivity contribution in [3.8, 4) is 17.2 Å². The van der Waals surface area contributed by atoms with Gasteiger partial charge in [0.1, 0.15) is 17.2 Å². The SMILES string of the molecule is COc1cc(OC)c(S(=O)(=O)NCCC(C)C)c(OC)c1. The Balaban J connectivity index is 3.20. The van der Waals surface area contributed by atoms with Crippen LogP contribution in [0.25, 0.3) is 0 Å². The maximum absolute atomic E-state index is 12.5. The van der Waals surface area contributed by atoms with Gasteiger partial charge in [0.05, 0.1) is 21.3 Å². The normalized spacial score (nSPS) is 11.5. The summed E-state index contributed by atoms with van der Waals surface area (Å²) in [7, 11) is 0.576. The van der Waals surface area contributed by atoms with Gasteiger partial charge in [0, 0.05) is 18.7 Å². The zero-order chi connectivity index (χ0) is 16.0. The summed E-state index contributed by atoms with van der Waals surface area (Å²) in [4.78, 5) is -0.0166. The van der Waals surface area contributed by atoms with Gasteiger partial charge < -0.3 is 14.2 Å². The van der Waals surface area contributed by atoms with E-state index in [1.54, 1.807) is 0 Å². The molecule has 6 nitrogen and oxygen atoms in total. The summed E-state index contributed by atoms with van der Waals surface area (Å²) in [6, 6.07) is 3.03. The molecule has 0 amide bonds. The van der Waals surface area contributed by atoms with Crippen molar-refractivity contribution in [1.82, 2.24) is 4.72 Å². The van der Waals surface area contributed by atoms with Gasteiger partial charge in [-0.1, -0.05) is 13.8 Å². The van der Waals surface area contributed by atoms with Crippen LogP contribution in [0.4, 0.5) is 0 Å². The number of hydrogen-bond acceptors (Lipinski definition) is 5. The number of ether oxygens (including phenoxy) is 3. The van der Waals surface area contributed by atoms with Gasteiger partial charge in [-0.15, -0.1) is 0 Å². The van der Waals surface area contributed by atoms with E-state index < -0.39 is 10.0 Å². The van der Waals surface area contributed by atoms with Crippen molar-refractivity contribution in [3.63, 3.8) is 0 Å². The molecular weight excluding hydrogens is 294 g/mol. The molecule has 7 heteroatoms. The van der Waals surface area contributed by atoms with E-state index >= 15 is 0 Å². The lowest BCUT2D eigenvalue weighted by molar-refractivity contribution is 0.358. The maximum atomic E-state index is 12.5. The smallest absolute Gasteiger partial charge is 0.247 e. The molecule has 1 rings (SSSR count). The molecule has 1 N–H and O–H groups in total. The zero-order valence-corrected chi connectivity index (χ0v) is 13.9. The van der Waals surface area contributed by atoms with Crippen molar-refractivity contribution in [3.05, 3.63) is 12.1 Å². The summed E-state index contributed by atoms with van der Waals surface area (Å²) in [5, 5.41) is 0. The van der Waals surface area contributed by atoms with Crippen LogP contribution in [0.15, 0.2) is 17.0 Å². The molecule has 0 aromatic heterocycles. The molecule has 0 aliphatic heterocycles. The number of methoxy groups -OCH3 is 3. The Hall–Kier alpha value is -1.47. The first-order valence-corrected chi connectivity index (χ1v) is 8.13. The number of nitrogens with one attached hydrogen (secondary N) is 1. The monoisotopic (exact) mass is 317 g/mol. The highest BCUT2D eigenvalue weighted by atomic mass is 32.2. The minimum absolute atomic E-state index is 0.0166. The van der Waals surface area contributed by atoms with Gasteiger partial charge in [0.2, 0.25) is 10.0 Å². The number of hydrogen-bond donors (Lipinski definition) is 1. The molecule has 0 unspecified atom stereocenters. The van der Waals surface area contributed by atoms with Crippen molar-refractivity contribution in [1.29, 1.82) is 0 Å². The average Bonchev–Trinajstić information content (AvgIpc) is 2.44. The molecule has 0 aliphatic carbocycles. The molecule has 120 valence electrons. The quantitative estimate of drug-likeness (QED) is 0.794. The highest BCUT2D eigenvalue weighted by molar-refractivity contribution is 7.89. The summed E-state index contributed by atoms with van der Waals surface area (Å²) in [5.41, 5.74) is 0. The van der Waals surface area contributed by atoms with E-state index in [1.165, 1.54) is 33.5 Å². The Morgan fingerprint density at radius 3 is 1.95 bits per heavy atom. The lowest BCUT2D eigenvalue weighted by Gasteiger charge is -2.16. The zero-order valence-electron chi connectivity index (χ0n) is 13.1. The van der Waals surface area contributed by atoms with E-state index in [0.717, 1.165) is 6.42 Å². The third-order valence-corrected chi connectivity index (χ3v) is 4.48. The molecule has 0 saturated carbocycles. The van der Waals surface area contributed by atoms with Gasteiger partial charge in [-0.05, 0) is 12.3 Å². The van der Waals surface area contributed by atoms with Crippen LogP contribution in [0.2, 0.25) is 0 Å². The third-order valence-electron chi connectivity index (χ3n) is 2.95. The second-order valence-electron chi connectivity index (χ2n) is 4.94. The van der Waals surface area contributed by atoms with Gasteiger partial charge in [-0.3, -0.25) is 0 Å². The molecule has 0 radical (unpaired) electrons. The third kappa shape index (κ3) is 4.50. The molecule has 1 aromatic carbocycles. The molecule has 1 aromatic rings. The number of sulfonamides is 1. The molecule has 0 fully saturated rings. The fraction of sp³-hybridized carbons (Fsp3) is 0.571. The van der Waals surface area contributed by atoms with E-state index in [4.69, 9.17) is 14.2 Å². The standard InChI is InChI=1S/C14H23NO5S/c1-10(2)6-7-15-21(16,17)14-12(19-4)8-11(18-3)9-13(14)20-5/h8-10,15H,6-7H2,1-5H3. The molecule has 0 bridgehead atoms. The van der Waals surface area contributed by atoms with Crippen molar-refractivity contribution in [2.45, 2.75) is 25.2 Å². The topological polar surface area (TPSA) is 73.9 Å². The Morgan fingerprint density at radius 2 is 1.57 bits per heavy atom. The molecule has 0 heterocycles. The van der Waals surface area contributed by atoms with Gasteiger partial charge >= 0.3 is 0 Å². The van der Waals surface area contributed by atoms with Crippen LogP contribution in [0.5, 0.6) is 17.2 Å². The van der Waals surface area contributed by atoms with Crippen LogP contribution in [-0.4, -0.2) is 36.3 Å². The van der Waals surface area contributed by atoms with E-state index in [2.05, 4.69) is 4.72 Å². The Bertz CT molecular complexity index is 544. The van der Waals surface area contributed by atoms with Crippen molar-refractivity contribution < 1.29 is 22.6 Å². The maximum Gasteiger partial charge on any atom is 0.247 e. The van der Waals surface area contributed by atoms with E-state index in [1.807, 2.05) is 13.8 Å².